The minimum Gasteiger partial charge on any atom is -0.491 e. The van der Waals surface area contributed by atoms with Crippen LogP contribution >= 0.6 is 27.5 Å². The zero-order valence-corrected chi connectivity index (χ0v) is 14.5. The molecule has 0 aliphatic heterocycles. The summed E-state index contributed by atoms with van der Waals surface area (Å²) in [5, 5.41) is 0. The highest BCUT2D eigenvalue weighted by Crippen LogP contribution is 2.34. The first-order valence-electron chi connectivity index (χ1n) is 6.72. The number of ether oxygens (including phenoxy) is 1. The smallest absolute Gasteiger partial charge is 0.242 e. The van der Waals surface area contributed by atoms with Gasteiger partial charge in [0, 0.05) is 0 Å². The van der Waals surface area contributed by atoms with Crippen LogP contribution in [0.4, 0.5) is 5.69 Å². The second-order valence-corrected chi connectivity index (χ2v) is 5.67. The van der Waals surface area contributed by atoms with Gasteiger partial charge < -0.3 is 4.74 Å². The molecule has 3 nitrogen and oxygen atoms in total. The molecule has 1 aromatic carbocycles. The van der Waals surface area contributed by atoms with Gasteiger partial charge in [0.05, 0.1) is 17.7 Å². The fourth-order valence-electron chi connectivity index (χ4n) is 1.86. The maximum Gasteiger partial charge on any atom is 0.242 e. The summed E-state index contributed by atoms with van der Waals surface area (Å²) in [5.74, 6) is 0.969. The number of aryl methyl sites for hydroxylation is 1. The third kappa shape index (κ3) is 4.38. The highest BCUT2D eigenvalue weighted by molar-refractivity contribution is 9.09. The zero-order chi connectivity index (χ0) is 15.1. The summed E-state index contributed by atoms with van der Waals surface area (Å²) in [6.45, 7) is 6.86. The van der Waals surface area contributed by atoms with Gasteiger partial charge in [-0.25, -0.2) is 0 Å². The second-order valence-electron chi connectivity index (χ2n) is 4.90. The number of anilines is 1. The van der Waals surface area contributed by atoms with E-state index in [9.17, 15) is 4.79 Å². The van der Waals surface area contributed by atoms with Gasteiger partial charge in [-0.15, -0.1) is 11.6 Å². The van der Waals surface area contributed by atoms with E-state index in [1.54, 1.807) is 4.90 Å². The van der Waals surface area contributed by atoms with Crippen LogP contribution in [-0.4, -0.2) is 23.8 Å². The van der Waals surface area contributed by atoms with E-state index in [4.69, 9.17) is 16.3 Å². The first-order valence-corrected chi connectivity index (χ1v) is 8.37. The van der Waals surface area contributed by atoms with Crippen LogP contribution in [-0.2, 0) is 11.2 Å². The van der Waals surface area contributed by atoms with E-state index in [-0.39, 0.29) is 11.8 Å². The van der Waals surface area contributed by atoms with Crippen molar-refractivity contribution in [2.24, 2.45) is 5.92 Å². The number of hydrogen-bond donors (Lipinski definition) is 0. The van der Waals surface area contributed by atoms with Crippen LogP contribution in [0.2, 0.25) is 0 Å². The van der Waals surface area contributed by atoms with E-state index >= 15 is 0 Å². The molecule has 0 aliphatic rings. The van der Waals surface area contributed by atoms with Crippen molar-refractivity contribution < 1.29 is 9.53 Å². The van der Waals surface area contributed by atoms with Gasteiger partial charge in [-0.2, -0.15) is 0 Å². The molecule has 0 radical (unpaired) electrons. The van der Waals surface area contributed by atoms with Crippen molar-refractivity contribution in [3.63, 3.8) is 0 Å². The Morgan fingerprint density at radius 1 is 1.45 bits per heavy atom. The summed E-state index contributed by atoms with van der Waals surface area (Å²) < 4.78 is 5.86. The molecule has 0 N–H and O–H groups in total. The molecule has 0 atom stereocenters. The summed E-state index contributed by atoms with van der Waals surface area (Å²) in [7, 11) is 0. The number of alkyl halides is 2. The number of hydrogen-bond acceptors (Lipinski definition) is 2. The molecule has 20 heavy (non-hydrogen) atoms. The van der Waals surface area contributed by atoms with Crippen LogP contribution in [0.3, 0.4) is 0 Å². The molecule has 1 aromatic rings. The van der Waals surface area contributed by atoms with Gasteiger partial charge in [0.15, 0.2) is 0 Å². The van der Waals surface area contributed by atoms with E-state index < -0.39 is 0 Å². The minimum absolute atomic E-state index is 0.0483. The molecule has 0 spiro atoms. The Labute approximate surface area is 134 Å². The lowest BCUT2D eigenvalue weighted by Crippen LogP contribution is -2.32. The normalized spacial score (nSPS) is 10.7. The predicted octanol–water partition coefficient (Wildman–Crippen LogP) is 4.21. The minimum atomic E-state index is -0.140. The maximum absolute atomic E-state index is 12.0. The Balaban J connectivity index is 3.20. The molecule has 1 amide bonds. The number of para-hydroxylation sites is 1. The molecule has 0 unspecified atom stereocenters. The van der Waals surface area contributed by atoms with Gasteiger partial charge in [0.25, 0.3) is 0 Å². The summed E-state index contributed by atoms with van der Waals surface area (Å²) in [4.78, 5) is 13.6. The Hall–Kier alpha value is -0.740. The molecule has 5 heteroatoms. The zero-order valence-electron chi connectivity index (χ0n) is 12.2. The molecule has 0 bridgehead atoms. The molecule has 0 saturated carbocycles. The highest BCUT2D eigenvalue weighted by Gasteiger charge is 2.21. The first kappa shape index (κ1) is 17.3. The number of halogens is 2. The van der Waals surface area contributed by atoms with Gasteiger partial charge in [0.2, 0.25) is 5.91 Å². The van der Waals surface area contributed by atoms with Crippen molar-refractivity contribution in [3.05, 3.63) is 23.8 Å². The summed E-state index contributed by atoms with van der Waals surface area (Å²) in [6.07, 6.45) is 0.827. The second kappa shape index (κ2) is 8.53. The third-order valence-electron chi connectivity index (χ3n) is 2.84. The number of rotatable bonds is 7. The Morgan fingerprint density at radius 3 is 2.65 bits per heavy atom. The predicted molar refractivity (Wildman–Crippen MR) is 88.2 cm³/mol. The molecule has 1 rings (SSSR count). The largest absolute Gasteiger partial charge is 0.491 e. The lowest BCUT2D eigenvalue weighted by molar-refractivity contribution is -0.116. The van der Waals surface area contributed by atoms with E-state index in [0.717, 1.165) is 23.4 Å². The lowest BCUT2D eigenvalue weighted by Gasteiger charge is -2.25. The molecule has 0 saturated heterocycles. The van der Waals surface area contributed by atoms with Crippen LogP contribution in [0.15, 0.2) is 18.2 Å². The van der Waals surface area contributed by atoms with Crippen molar-refractivity contribution >= 4 is 39.1 Å². The molecule has 0 heterocycles. The standard InChI is InChI=1S/C15H21BrClNO2/c1-4-12-6-5-7-13(20-9-11(2)3)15(12)18(10-16)14(19)8-17/h5-7,11H,4,8-10H2,1-3H3. The van der Waals surface area contributed by atoms with Crippen molar-refractivity contribution in [2.75, 3.05) is 22.8 Å². The number of benzene rings is 1. The third-order valence-corrected chi connectivity index (χ3v) is 3.57. The van der Waals surface area contributed by atoms with Crippen molar-refractivity contribution in [1.82, 2.24) is 0 Å². The van der Waals surface area contributed by atoms with E-state index in [0.29, 0.717) is 18.0 Å². The fourth-order valence-corrected chi connectivity index (χ4v) is 2.53. The number of amides is 1. The maximum atomic E-state index is 12.0. The van der Waals surface area contributed by atoms with E-state index in [2.05, 4.69) is 36.7 Å². The van der Waals surface area contributed by atoms with E-state index in [1.807, 2.05) is 18.2 Å². The molecule has 0 aliphatic carbocycles. The number of nitrogens with zero attached hydrogens (tertiary/aromatic N) is 1. The molecule has 0 aromatic heterocycles. The lowest BCUT2D eigenvalue weighted by atomic mass is 10.1. The van der Waals surface area contributed by atoms with Crippen molar-refractivity contribution in [1.29, 1.82) is 0 Å². The quantitative estimate of drug-likeness (QED) is 0.537. The monoisotopic (exact) mass is 361 g/mol. The average molecular weight is 363 g/mol. The summed E-state index contributed by atoms with van der Waals surface area (Å²) in [6, 6.07) is 5.86. The molecule has 112 valence electrons. The van der Waals surface area contributed by atoms with Crippen molar-refractivity contribution in [2.45, 2.75) is 27.2 Å². The van der Waals surface area contributed by atoms with Crippen LogP contribution in [0.5, 0.6) is 5.75 Å². The van der Waals surface area contributed by atoms with Gasteiger partial charge in [-0.1, -0.05) is 48.8 Å². The topological polar surface area (TPSA) is 29.5 Å². The summed E-state index contributed by atoms with van der Waals surface area (Å²) in [5.41, 5.74) is 2.29. The Bertz CT molecular complexity index is 451. The first-order chi connectivity index (χ1) is 9.54. The fraction of sp³-hybridized carbons (Fsp3) is 0.533. The van der Waals surface area contributed by atoms with E-state index in [1.165, 1.54) is 0 Å². The summed E-state index contributed by atoms with van der Waals surface area (Å²) >= 11 is 9.06. The van der Waals surface area contributed by atoms with Gasteiger partial charge in [0.1, 0.15) is 11.6 Å². The Morgan fingerprint density at radius 2 is 2.15 bits per heavy atom. The van der Waals surface area contributed by atoms with Crippen molar-refractivity contribution in [3.8, 4) is 5.75 Å². The number of carbonyl (C=O) groups is 1. The van der Waals surface area contributed by atoms with Gasteiger partial charge >= 0.3 is 0 Å². The Kier molecular flexibility index (Phi) is 7.38. The van der Waals surface area contributed by atoms with Crippen LogP contribution in [0, 0.1) is 5.92 Å². The molecular weight excluding hydrogens is 342 g/mol. The van der Waals surface area contributed by atoms with Crippen LogP contribution < -0.4 is 9.64 Å². The molecule has 0 fully saturated rings. The van der Waals surface area contributed by atoms with Crippen LogP contribution in [0.25, 0.3) is 0 Å². The highest BCUT2D eigenvalue weighted by atomic mass is 79.9. The molecular formula is C15H21BrClNO2. The number of carbonyl (C=O) groups excluding carboxylic acids is 1. The SMILES string of the molecule is CCc1cccc(OCC(C)C)c1N(CBr)C(=O)CCl. The van der Waals surface area contributed by atoms with Gasteiger partial charge in [-0.3, -0.25) is 9.69 Å². The average Bonchev–Trinajstić information content (AvgIpc) is 2.46. The van der Waals surface area contributed by atoms with Gasteiger partial charge in [-0.05, 0) is 24.0 Å². The van der Waals surface area contributed by atoms with Crippen LogP contribution in [0.1, 0.15) is 26.3 Å².